The molecule has 1 aromatic carbocycles. The Balaban J connectivity index is 1.72. The van der Waals surface area contributed by atoms with Gasteiger partial charge in [-0.2, -0.15) is 5.10 Å². The van der Waals surface area contributed by atoms with E-state index in [-0.39, 0.29) is 0 Å². The number of nitrogens with zero attached hydrogens (tertiary/aromatic N) is 3. The van der Waals surface area contributed by atoms with E-state index in [9.17, 15) is 0 Å². The Bertz CT molecular complexity index is 677. The van der Waals surface area contributed by atoms with Crippen LogP contribution in [0.5, 0.6) is 0 Å². The molecule has 100 valence electrons. The van der Waals surface area contributed by atoms with E-state index in [1.807, 2.05) is 41.2 Å². The van der Waals surface area contributed by atoms with Gasteiger partial charge >= 0.3 is 0 Å². The molecule has 3 aromatic rings. The summed E-state index contributed by atoms with van der Waals surface area (Å²) in [4.78, 5) is 4.29. The van der Waals surface area contributed by atoms with Gasteiger partial charge in [0.25, 0.3) is 0 Å². The first-order chi connectivity index (χ1) is 9.81. The standard InChI is InChI=1S/C15H13BrN4/c16-13-5-6-15(18-11-13)17-10-12-3-1-4-14(9-12)20-8-2-7-19-20/h1-9,11H,10H2,(H,17,18). The quantitative estimate of drug-likeness (QED) is 0.795. The van der Waals surface area contributed by atoms with E-state index in [2.05, 4.69) is 43.5 Å². The Kier molecular flexibility index (Phi) is 3.78. The molecule has 0 aliphatic rings. The molecule has 0 saturated carbocycles. The van der Waals surface area contributed by atoms with Gasteiger partial charge in [0.15, 0.2) is 0 Å². The van der Waals surface area contributed by atoms with Crippen molar-refractivity contribution in [1.29, 1.82) is 0 Å². The number of aromatic nitrogens is 3. The van der Waals surface area contributed by atoms with Crippen LogP contribution < -0.4 is 5.32 Å². The molecule has 0 amide bonds. The van der Waals surface area contributed by atoms with E-state index in [4.69, 9.17) is 0 Å². The van der Waals surface area contributed by atoms with Gasteiger partial charge in [0.1, 0.15) is 5.82 Å². The fourth-order valence-corrected chi connectivity index (χ4v) is 2.14. The van der Waals surface area contributed by atoms with Gasteiger partial charge in [-0.05, 0) is 51.8 Å². The maximum atomic E-state index is 4.29. The van der Waals surface area contributed by atoms with Crippen LogP contribution in [0.1, 0.15) is 5.56 Å². The number of pyridine rings is 1. The Hall–Kier alpha value is -2.14. The first-order valence-corrected chi connectivity index (χ1v) is 7.05. The molecule has 0 bridgehead atoms. The smallest absolute Gasteiger partial charge is 0.126 e. The molecule has 0 radical (unpaired) electrons. The Labute approximate surface area is 125 Å². The Morgan fingerprint density at radius 2 is 2.10 bits per heavy atom. The van der Waals surface area contributed by atoms with Crippen LogP contribution >= 0.6 is 15.9 Å². The van der Waals surface area contributed by atoms with E-state index in [0.717, 1.165) is 22.5 Å². The molecule has 1 N–H and O–H groups in total. The zero-order valence-corrected chi connectivity index (χ0v) is 12.3. The van der Waals surface area contributed by atoms with E-state index in [0.29, 0.717) is 0 Å². The van der Waals surface area contributed by atoms with Crippen LogP contribution in [0.2, 0.25) is 0 Å². The fourth-order valence-electron chi connectivity index (χ4n) is 1.90. The van der Waals surface area contributed by atoms with E-state index in [1.54, 1.807) is 12.4 Å². The van der Waals surface area contributed by atoms with Crippen LogP contribution in [-0.2, 0) is 6.54 Å². The lowest BCUT2D eigenvalue weighted by molar-refractivity contribution is 0.877. The number of halogens is 1. The summed E-state index contributed by atoms with van der Waals surface area (Å²) in [5, 5.41) is 7.53. The van der Waals surface area contributed by atoms with Crippen molar-refractivity contribution in [2.24, 2.45) is 0 Å². The second-order valence-electron chi connectivity index (χ2n) is 4.34. The number of hydrogen-bond acceptors (Lipinski definition) is 3. The van der Waals surface area contributed by atoms with Crippen molar-refractivity contribution in [2.45, 2.75) is 6.54 Å². The van der Waals surface area contributed by atoms with Crippen LogP contribution in [-0.4, -0.2) is 14.8 Å². The van der Waals surface area contributed by atoms with Crippen LogP contribution in [0, 0.1) is 0 Å². The lowest BCUT2D eigenvalue weighted by Crippen LogP contribution is -2.02. The van der Waals surface area contributed by atoms with Crippen molar-refractivity contribution in [1.82, 2.24) is 14.8 Å². The molecule has 5 heteroatoms. The van der Waals surface area contributed by atoms with Crippen LogP contribution in [0.3, 0.4) is 0 Å². The molecule has 2 aromatic heterocycles. The second-order valence-corrected chi connectivity index (χ2v) is 5.25. The predicted octanol–water partition coefficient (Wildman–Crippen LogP) is 3.64. The molecule has 0 fully saturated rings. The predicted molar refractivity (Wildman–Crippen MR) is 82.8 cm³/mol. The van der Waals surface area contributed by atoms with Crippen molar-refractivity contribution in [3.63, 3.8) is 0 Å². The van der Waals surface area contributed by atoms with Gasteiger partial charge in [0.2, 0.25) is 0 Å². The number of nitrogens with one attached hydrogen (secondary N) is 1. The van der Waals surface area contributed by atoms with Gasteiger partial charge in [-0.15, -0.1) is 0 Å². The highest BCUT2D eigenvalue weighted by atomic mass is 79.9. The fraction of sp³-hybridized carbons (Fsp3) is 0.0667. The second kappa shape index (κ2) is 5.88. The third-order valence-electron chi connectivity index (χ3n) is 2.88. The van der Waals surface area contributed by atoms with Gasteiger partial charge in [-0.1, -0.05) is 12.1 Å². The average molecular weight is 329 g/mol. The lowest BCUT2D eigenvalue weighted by atomic mass is 10.2. The summed E-state index contributed by atoms with van der Waals surface area (Å²) in [5.41, 5.74) is 2.24. The van der Waals surface area contributed by atoms with Gasteiger partial charge in [-0.3, -0.25) is 0 Å². The third-order valence-corrected chi connectivity index (χ3v) is 3.35. The largest absolute Gasteiger partial charge is 0.366 e. The summed E-state index contributed by atoms with van der Waals surface area (Å²) in [5.74, 6) is 0.859. The van der Waals surface area contributed by atoms with E-state index in [1.165, 1.54) is 5.56 Å². The monoisotopic (exact) mass is 328 g/mol. The van der Waals surface area contributed by atoms with Crippen LogP contribution in [0.4, 0.5) is 5.82 Å². The minimum Gasteiger partial charge on any atom is -0.366 e. The van der Waals surface area contributed by atoms with Crippen molar-refractivity contribution >= 4 is 21.7 Å². The van der Waals surface area contributed by atoms with Crippen molar-refractivity contribution in [3.05, 3.63) is 71.1 Å². The molecule has 0 spiro atoms. The molecular formula is C15H13BrN4. The highest BCUT2D eigenvalue weighted by molar-refractivity contribution is 9.10. The van der Waals surface area contributed by atoms with Crippen molar-refractivity contribution < 1.29 is 0 Å². The minimum absolute atomic E-state index is 0.726. The van der Waals surface area contributed by atoms with Crippen molar-refractivity contribution in [3.8, 4) is 5.69 Å². The highest BCUT2D eigenvalue weighted by Gasteiger charge is 1.99. The third kappa shape index (κ3) is 3.05. The molecule has 4 nitrogen and oxygen atoms in total. The number of rotatable bonds is 4. The van der Waals surface area contributed by atoms with Gasteiger partial charge in [0.05, 0.1) is 5.69 Å². The number of anilines is 1. The summed E-state index contributed by atoms with van der Waals surface area (Å²) in [6, 6.07) is 14.1. The lowest BCUT2D eigenvalue weighted by Gasteiger charge is -2.08. The van der Waals surface area contributed by atoms with Crippen LogP contribution in [0.15, 0.2) is 65.5 Å². The zero-order chi connectivity index (χ0) is 13.8. The summed E-state index contributed by atoms with van der Waals surface area (Å²) in [6.45, 7) is 0.726. The number of benzene rings is 1. The van der Waals surface area contributed by atoms with E-state index >= 15 is 0 Å². The first kappa shape index (κ1) is 12.9. The van der Waals surface area contributed by atoms with Crippen LogP contribution in [0.25, 0.3) is 5.69 Å². The molecule has 0 aliphatic carbocycles. The van der Waals surface area contributed by atoms with E-state index < -0.39 is 0 Å². The molecular weight excluding hydrogens is 316 g/mol. The molecule has 0 atom stereocenters. The van der Waals surface area contributed by atoms with Gasteiger partial charge in [0, 0.05) is 29.6 Å². The SMILES string of the molecule is Brc1ccc(NCc2cccc(-n3cccn3)c2)nc1. The first-order valence-electron chi connectivity index (χ1n) is 6.26. The summed E-state index contributed by atoms with van der Waals surface area (Å²) >= 11 is 3.37. The average Bonchev–Trinajstić information content (AvgIpc) is 3.01. The number of hydrogen-bond donors (Lipinski definition) is 1. The molecule has 0 unspecified atom stereocenters. The Morgan fingerprint density at radius 3 is 2.85 bits per heavy atom. The topological polar surface area (TPSA) is 42.7 Å². The maximum absolute atomic E-state index is 4.29. The normalized spacial score (nSPS) is 10.4. The highest BCUT2D eigenvalue weighted by Crippen LogP contribution is 2.13. The molecule has 2 heterocycles. The van der Waals surface area contributed by atoms with Gasteiger partial charge < -0.3 is 5.32 Å². The molecule has 3 rings (SSSR count). The summed E-state index contributed by atoms with van der Waals surface area (Å²) < 4.78 is 2.82. The summed E-state index contributed by atoms with van der Waals surface area (Å²) in [7, 11) is 0. The molecule has 0 aliphatic heterocycles. The molecule has 0 saturated heterocycles. The zero-order valence-electron chi connectivity index (χ0n) is 10.7. The Morgan fingerprint density at radius 1 is 1.15 bits per heavy atom. The van der Waals surface area contributed by atoms with Gasteiger partial charge in [-0.25, -0.2) is 9.67 Å². The molecule has 20 heavy (non-hydrogen) atoms. The maximum Gasteiger partial charge on any atom is 0.126 e. The minimum atomic E-state index is 0.726. The summed E-state index contributed by atoms with van der Waals surface area (Å²) in [6.07, 6.45) is 5.49. The van der Waals surface area contributed by atoms with Crippen molar-refractivity contribution in [2.75, 3.05) is 5.32 Å².